The van der Waals surface area contributed by atoms with E-state index in [4.69, 9.17) is 0 Å². The number of amides is 2. The molecule has 4 aliphatic rings. The summed E-state index contributed by atoms with van der Waals surface area (Å²) in [4.78, 5) is 25.4. The highest BCUT2D eigenvalue weighted by Gasteiger charge is 2.54. The molecule has 0 aromatic rings. The molecule has 0 aliphatic heterocycles. The molecule has 0 saturated heterocycles. The zero-order chi connectivity index (χ0) is 18.7. The van der Waals surface area contributed by atoms with Gasteiger partial charge in [0, 0.05) is 13.8 Å². The van der Waals surface area contributed by atoms with Crippen LogP contribution < -0.4 is 0 Å². The van der Waals surface area contributed by atoms with E-state index in [1.54, 1.807) is 5.57 Å². The van der Waals surface area contributed by atoms with Crippen molar-refractivity contribution in [2.75, 3.05) is 0 Å². The molecule has 4 aliphatic carbocycles. The number of imide groups is 1. The Morgan fingerprint density at radius 1 is 1.08 bits per heavy atom. The van der Waals surface area contributed by atoms with Crippen molar-refractivity contribution in [3.8, 4) is 0 Å². The standard InChI is InChI=1S/C23H33NO2/c1-15(25)24(16(2)26)18-9-13-23(4)17(14-18)7-8-19-20-6-5-11-22(20,3)12-10-21(19)23/h8-9,13,17-18,20-21H,5-7,10-12,14H2,1-4H3/t17?,18?,20-,21-,22-,23-/m0/s1. The van der Waals surface area contributed by atoms with Gasteiger partial charge >= 0.3 is 0 Å². The topological polar surface area (TPSA) is 37.4 Å². The van der Waals surface area contributed by atoms with E-state index < -0.39 is 0 Å². The lowest BCUT2D eigenvalue weighted by Gasteiger charge is -2.55. The Labute approximate surface area is 157 Å². The highest BCUT2D eigenvalue weighted by molar-refractivity contribution is 5.93. The minimum absolute atomic E-state index is 0.0710. The molecular formula is C23H33NO2. The Balaban J connectivity index is 1.63. The molecule has 3 nitrogen and oxygen atoms in total. The van der Waals surface area contributed by atoms with Crippen LogP contribution in [-0.4, -0.2) is 22.8 Å². The van der Waals surface area contributed by atoms with Crippen molar-refractivity contribution in [1.82, 2.24) is 4.90 Å². The highest BCUT2D eigenvalue weighted by Crippen LogP contribution is 2.63. The molecule has 0 spiro atoms. The van der Waals surface area contributed by atoms with Gasteiger partial charge in [-0.05, 0) is 67.1 Å². The smallest absolute Gasteiger partial charge is 0.226 e. The van der Waals surface area contributed by atoms with Crippen LogP contribution in [0.5, 0.6) is 0 Å². The molecule has 2 amide bonds. The maximum Gasteiger partial charge on any atom is 0.226 e. The summed E-state index contributed by atoms with van der Waals surface area (Å²) in [5.41, 5.74) is 2.46. The highest BCUT2D eigenvalue weighted by atomic mass is 16.2. The van der Waals surface area contributed by atoms with Gasteiger partial charge in [0.15, 0.2) is 0 Å². The van der Waals surface area contributed by atoms with Crippen LogP contribution in [0.25, 0.3) is 0 Å². The van der Waals surface area contributed by atoms with Crippen LogP contribution in [0.2, 0.25) is 0 Å². The minimum atomic E-state index is -0.137. The van der Waals surface area contributed by atoms with Gasteiger partial charge in [-0.25, -0.2) is 0 Å². The van der Waals surface area contributed by atoms with E-state index in [0.29, 0.717) is 17.3 Å². The van der Waals surface area contributed by atoms with Gasteiger partial charge in [-0.15, -0.1) is 0 Å². The van der Waals surface area contributed by atoms with Crippen molar-refractivity contribution in [3.63, 3.8) is 0 Å². The van der Waals surface area contributed by atoms with E-state index in [0.717, 1.165) is 18.8 Å². The van der Waals surface area contributed by atoms with Gasteiger partial charge in [0.05, 0.1) is 6.04 Å². The molecule has 0 aromatic heterocycles. The lowest BCUT2D eigenvalue weighted by Crippen LogP contribution is -2.50. The third-order valence-electron chi connectivity index (χ3n) is 8.37. The second kappa shape index (κ2) is 6.07. The van der Waals surface area contributed by atoms with Crippen molar-refractivity contribution in [2.45, 2.75) is 78.7 Å². The minimum Gasteiger partial charge on any atom is -0.276 e. The average molecular weight is 356 g/mol. The summed E-state index contributed by atoms with van der Waals surface area (Å²) in [5.74, 6) is 1.69. The first-order chi connectivity index (χ1) is 12.3. The number of rotatable bonds is 1. The van der Waals surface area contributed by atoms with Gasteiger partial charge in [-0.3, -0.25) is 14.5 Å². The first-order valence-electron chi connectivity index (χ1n) is 10.5. The zero-order valence-corrected chi connectivity index (χ0v) is 16.8. The molecular weight excluding hydrogens is 322 g/mol. The van der Waals surface area contributed by atoms with E-state index in [9.17, 15) is 9.59 Å². The van der Waals surface area contributed by atoms with E-state index in [-0.39, 0.29) is 23.3 Å². The molecule has 0 heterocycles. The first-order valence-corrected chi connectivity index (χ1v) is 10.5. The number of allylic oxidation sites excluding steroid dienone is 3. The molecule has 3 heteroatoms. The molecule has 0 bridgehead atoms. The number of fused-ring (bicyclic) bond motifs is 5. The zero-order valence-electron chi connectivity index (χ0n) is 16.8. The molecule has 142 valence electrons. The Hall–Kier alpha value is -1.38. The lowest BCUT2D eigenvalue weighted by molar-refractivity contribution is -0.144. The van der Waals surface area contributed by atoms with Crippen molar-refractivity contribution < 1.29 is 9.59 Å². The number of hydrogen-bond donors (Lipinski definition) is 0. The van der Waals surface area contributed by atoms with Crippen LogP contribution in [0.4, 0.5) is 0 Å². The quantitative estimate of drug-likeness (QED) is 0.629. The van der Waals surface area contributed by atoms with Gasteiger partial charge in [-0.1, -0.05) is 44.1 Å². The fourth-order valence-corrected chi connectivity index (χ4v) is 6.93. The van der Waals surface area contributed by atoms with Crippen LogP contribution in [0.3, 0.4) is 0 Å². The fraction of sp³-hybridized carbons (Fsp3) is 0.739. The van der Waals surface area contributed by atoms with Gasteiger partial charge < -0.3 is 0 Å². The lowest BCUT2D eigenvalue weighted by atomic mass is 9.50. The largest absolute Gasteiger partial charge is 0.276 e. The second-order valence-electron chi connectivity index (χ2n) is 9.76. The molecule has 0 N–H and O–H groups in total. The summed E-state index contributed by atoms with van der Waals surface area (Å²) in [6.45, 7) is 7.96. The third kappa shape index (κ3) is 2.53. The Morgan fingerprint density at radius 2 is 1.81 bits per heavy atom. The van der Waals surface area contributed by atoms with Crippen LogP contribution >= 0.6 is 0 Å². The SMILES string of the molecule is CC(=O)N(C(C)=O)C1C=C[C@@]2(C)C(CC=C3[C@@H]4CCC[C@@]4(C)CC[C@@H]32)C1. The van der Waals surface area contributed by atoms with E-state index in [1.807, 2.05) is 0 Å². The van der Waals surface area contributed by atoms with Crippen molar-refractivity contribution >= 4 is 11.8 Å². The van der Waals surface area contributed by atoms with Crippen LogP contribution in [0, 0.1) is 28.6 Å². The molecule has 26 heavy (non-hydrogen) atoms. The normalized spacial score (nSPS) is 43.8. The van der Waals surface area contributed by atoms with E-state index in [2.05, 4.69) is 32.1 Å². The number of nitrogens with zero attached hydrogens (tertiary/aromatic N) is 1. The molecule has 2 unspecified atom stereocenters. The fourth-order valence-electron chi connectivity index (χ4n) is 6.93. The predicted octanol–water partition coefficient (Wildman–Crippen LogP) is 4.88. The summed E-state index contributed by atoms with van der Waals surface area (Å²) < 4.78 is 0. The Kier molecular flexibility index (Phi) is 4.20. The maximum absolute atomic E-state index is 12.0. The van der Waals surface area contributed by atoms with Gasteiger partial charge in [0.25, 0.3) is 0 Å². The predicted molar refractivity (Wildman–Crippen MR) is 103 cm³/mol. The summed E-state index contributed by atoms with van der Waals surface area (Å²) in [5, 5.41) is 0. The maximum atomic E-state index is 12.0. The number of carbonyl (C=O) groups excluding carboxylic acids is 2. The summed E-state index contributed by atoms with van der Waals surface area (Å²) >= 11 is 0. The van der Waals surface area contributed by atoms with Crippen molar-refractivity contribution in [2.24, 2.45) is 28.6 Å². The molecule has 0 radical (unpaired) electrons. The first kappa shape index (κ1) is 18.0. The second-order valence-corrected chi connectivity index (χ2v) is 9.76. The Morgan fingerprint density at radius 3 is 2.50 bits per heavy atom. The summed E-state index contributed by atoms with van der Waals surface area (Å²) in [6, 6.07) is -0.0710. The van der Waals surface area contributed by atoms with Crippen LogP contribution in [0.15, 0.2) is 23.8 Å². The number of carbonyl (C=O) groups is 2. The van der Waals surface area contributed by atoms with E-state index >= 15 is 0 Å². The molecule has 2 fully saturated rings. The molecule has 2 saturated carbocycles. The van der Waals surface area contributed by atoms with Crippen molar-refractivity contribution in [3.05, 3.63) is 23.8 Å². The summed E-state index contributed by atoms with van der Waals surface area (Å²) in [6.07, 6.45) is 15.9. The van der Waals surface area contributed by atoms with Gasteiger partial charge in [0.2, 0.25) is 11.8 Å². The van der Waals surface area contributed by atoms with E-state index in [1.165, 1.54) is 50.9 Å². The van der Waals surface area contributed by atoms with Crippen LogP contribution in [-0.2, 0) is 9.59 Å². The molecule has 4 rings (SSSR count). The molecule has 6 atom stereocenters. The number of hydrogen-bond acceptors (Lipinski definition) is 2. The average Bonchev–Trinajstić information content (AvgIpc) is 2.96. The van der Waals surface area contributed by atoms with Crippen molar-refractivity contribution in [1.29, 1.82) is 0 Å². The summed E-state index contributed by atoms with van der Waals surface area (Å²) in [7, 11) is 0. The van der Waals surface area contributed by atoms with Crippen LogP contribution in [0.1, 0.15) is 72.6 Å². The molecule has 0 aromatic carbocycles. The monoisotopic (exact) mass is 355 g/mol. The Bertz CT molecular complexity index is 678. The van der Waals surface area contributed by atoms with Gasteiger partial charge in [-0.2, -0.15) is 0 Å². The third-order valence-corrected chi connectivity index (χ3v) is 8.37. The van der Waals surface area contributed by atoms with Gasteiger partial charge in [0.1, 0.15) is 0 Å².